The van der Waals surface area contributed by atoms with E-state index in [1.54, 1.807) is 29.2 Å². The van der Waals surface area contributed by atoms with Gasteiger partial charge >= 0.3 is 5.97 Å². The fraction of sp³-hybridized carbons (Fsp3) is 0.571. The number of hydrogen-bond donors (Lipinski definition) is 2. The van der Waals surface area contributed by atoms with Gasteiger partial charge in [-0.15, -0.1) is 0 Å². The van der Waals surface area contributed by atoms with E-state index in [0.29, 0.717) is 6.42 Å². The summed E-state index contributed by atoms with van der Waals surface area (Å²) in [6, 6.07) is 6.23. The number of carboxylic acids is 1. The van der Waals surface area contributed by atoms with Gasteiger partial charge in [-0.3, -0.25) is 9.59 Å². The van der Waals surface area contributed by atoms with Crippen LogP contribution in [-0.2, 0) is 29.1 Å². The Balaban J connectivity index is 1.53. The summed E-state index contributed by atoms with van der Waals surface area (Å²) in [6.07, 6.45) is -0.790. The quantitative estimate of drug-likeness (QED) is 0.500. The maximum Gasteiger partial charge on any atom is 0.336 e. The summed E-state index contributed by atoms with van der Waals surface area (Å²) in [4.78, 5) is 37.6. The number of aliphatic carboxylic acids is 1. The smallest absolute Gasteiger partial charge is 0.336 e. The lowest BCUT2D eigenvalue weighted by Crippen LogP contribution is -2.51. The van der Waals surface area contributed by atoms with E-state index < -0.39 is 40.1 Å². The molecule has 2 amide bonds. The third-order valence-corrected chi connectivity index (χ3v) is 7.56. The number of hydrogen-bond acceptors (Lipinski definition) is 6. The third-order valence-electron chi connectivity index (χ3n) is 5.65. The molecular formula is C21H29N3O7S. The molecule has 3 unspecified atom stereocenters. The molecule has 2 aliphatic rings. The molecule has 0 aliphatic carbocycles. The van der Waals surface area contributed by atoms with Gasteiger partial charge < -0.3 is 20.1 Å². The molecule has 0 spiro atoms. The van der Waals surface area contributed by atoms with Crippen LogP contribution in [0.2, 0.25) is 0 Å². The summed E-state index contributed by atoms with van der Waals surface area (Å²) in [5, 5.41) is 11.6. The number of benzene rings is 1. The number of carbonyl (C=O) groups is 3. The molecule has 11 heteroatoms. The van der Waals surface area contributed by atoms with Crippen LogP contribution in [0.4, 0.5) is 0 Å². The van der Waals surface area contributed by atoms with Crippen LogP contribution >= 0.6 is 0 Å². The molecule has 176 valence electrons. The lowest BCUT2D eigenvalue weighted by molar-refractivity contribution is -0.138. The van der Waals surface area contributed by atoms with Gasteiger partial charge in [0.1, 0.15) is 0 Å². The molecule has 1 aromatic rings. The summed E-state index contributed by atoms with van der Waals surface area (Å²) >= 11 is 0. The average molecular weight is 468 g/mol. The highest BCUT2D eigenvalue weighted by Gasteiger charge is 2.51. The molecule has 32 heavy (non-hydrogen) atoms. The normalized spacial score (nSPS) is 22.2. The number of epoxide rings is 1. The van der Waals surface area contributed by atoms with Gasteiger partial charge in [-0.05, 0) is 25.5 Å². The summed E-state index contributed by atoms with van der Waals surface area (Å²) in [5.74, 6) is -1.90. The van der Waals surface area contributed by atoms with Gasteiger partial charge in [0.2, 0.25) is 15.9 Å². The molecule has 2 fully saturated rings. The number of nitrogens with one attached hydrogen (secondary N) is 1. The SMILES string of the molecule is CCCC(CC(=O)N1CCN(S(=O)(=O)c2ccc(C)cc2)CC1)NC(=O)C1OC1C(=O)O. The molecule has 0 aromatic heterocycles. The molecule has 10 nitrogen and oxygen atoms in total. The van der Waals surface area contributed by atoms with Crippen molar-refractivity contribution < 1.29 is 32.6 Å². The fourth-order valence-electron chi connectivity index (χ4n) is 3.73. The monoisotopic (exact) mass is 467 g/mol. The van der Waals surface area contributed by atoms with Crippen molar-refractivity contribution in [2.75, 3.05) is 26.2 Å². The largest absolute Gasteiger partial charge is 0.479 e. The number of carbonyl (C=O) groups excluding carboxylic acids is 2. The Kier molecular flexibility index (Phi) is 7.52. The first-order valence-electron chi connectivity index (χ1n) is 10.7. The van der Waals surface area contributed by atoms with Gasteiger partial charge in [0, 0.05) is 38.6 Å². The molecule has 0 bridgehead atoms. The summed E-state index contributed by atoms with van der Waals surface area (Å²) in [7, 11) is -3.61. The van der Waals surface area contributed by atoms with Crippen molar-refractivity contribution in [1.82, 2.24) is 14.5 Å². The van der Waals surface area contributed by atoms with Gasteiger partial charge in [-0.1, -0.05) is 31.0 Å². The molecule has 2 aliphatic heterocycles. The van der Waals surface area contributed by atoms with Gasteiger partial charge in [0.15, 0.2) is 12.2 Å². The minimum absolute atomic E-state index is 0.0642. The zero-order valence-corrected chi connectivity index (χ0v) is 19.0. The number of rotatable bonds is 9. The predicted molar refractivity (Wildman–Crippen MR) is 114 cm³/mol. The summed E-state index contributed by atoms with van der Waals surface area (Å²) < 4.78 is 31.9. The number of sulfonamides is 1. The number of carboxylic acid groups (broad SMARTS) is 1. The van der Waals surface area contributed by atoms with Gasteiger partial charge in [-0.25, -0.2) is 13.2 Å². The highest BCUT2D eigenvalue weighted by Crippen LogP contribution is 2.23. The molecule has 0 radical (unpaired) electrons. The second-order valence-corrected chi connectivity index (χ2v) is 10.0. The van der Waals surface area contributed by atoms with Crippen LogP contribution in [0.1, 0.15) is 31.7 Å². The van der Waals surface area contributed by atoms with Crippen LogP contribution in [0.25, 0.3) is 0 Å². The number of aryl methyl sites for hydroxylation is 1. The number of ether oxygens (including phenoxy) is 1. The Morgan fingerprint density at radius 2 is 1.75 bits per heavy atom. The van der Waals surface area contributed by atoms with Crippen LogP contribution in [0, 0.1) is 6.92 Å². The molecule has 2 heterocycles. The predicted octanol–water partition coefficient (Wildman–Crippen LogP) is 0.355. The first kappa shape index (κ1) is 24.1. The van der Waals surface area contributed by atoms with E-state index in [4.69, 9.17) is 9.84 Å². The molecule has 2 saturated heterocycles. The Morgan fingerprint density at radius 3 is 2.28 bits per heavy atom. The van der Waals surface area contributed by atoms with Crippen molar-refractivity contribution in [3.05, 3.63) is 29.8 Å². The molecule has 3 atom stereocenters. The average Bonchev–Trinajstić information content (AvgIpc) is 3.56. The Hall–Kier alpha value is -2.50. The maximum atomic E-state index is 12.8. The van der Waals surface area contributed by atoms with Crippen LogP contribution in [0.3, 0.4) is 0 Å². The third kappa shape index (κ3) is 5.64. The zero-order chi connectivity index (χ0) is 23.5. The van der Waals surface area contributed by atoms with Crippen molar-refractivity contribution in [1.29, 1.82) is 0 Å². The minimum atomic E-state index is -3.61. The van der Waals surface area contributed by atoms with Crippen LogP contribution in [-0.4, -0.2) is 84.9 Å². The maximum absolute atomic E-state index is 12.8. The molecule has 0 saturated carbocycles. The zero-order valence-electron chi connectivity index (χ0n) is 18.2. The van der Waals surface area contributed by atoms with E-state index in [-0.39, 0.29) is 43.4 Å². The van der Waals surface area contributed by atoms with E-state index in [2.05, 4.69) is 5.32 Å². The summed E-state index contributed by atoms with van der Waals surface area (Å²) in [5.41, 5.74) is 0.972. The van der Waals surface area contributed by atoms with Crippen molar-refractivity contribution in [3.8, 4) is 0 Å². The number of piperazine rings is 1. The fourth-order valence-corrected chi connectivity index (χ4v) is 5.16. The topological polar surface area (TPSA) is 137 Å². The van der Waals surface area contributed by atoms with Crippen molar-refractivity contribution in [3.63, 3.8) is 0 Å². The van der Waals surface area contributed by atoms with E-state index in [0.717, 1.165) is 12.0 Å². The number of nitrogens with zero attached hydrogens (tertiary/aromatic N) is 2. The van der Waals surface area contributed by atoms with Crippen LogP contribution in [0.15, 0.2) is 29.2 Å². The van der Waals surface area contributed by atoms with Crippen LogP contribution < -0.4 is 5.32 Å². The van der Waals surface area contributed by atoms with E-state index in [9.17, 15) is 22.8 Å². The lowest BCUT2D eigenvalue weighted by atomic mass is 10.1. The van der Waals surface area contributed by atoms with E-state index in [1.165, 1.54) is 4.31 Å². The first-order valence-corrected chi connectivity index (χ1v) is 12.1. The van der Waals surface area contributed by atoms with E-state index in [1.807, 2.05) is 13.8 Å². The first-order chi connectivity index (χ1) is 15.1. The van der Waals surface area contributed by atoms with Crippen molar-refractivity contribution in [2.45, 2.75) is 56.3 Å². The second-order valence-electron chi connectivity index (χ2n) is 8.11. The number of amides is 2. The van der Waals surface area contributed by atoms with Crippen LogP contribution in [0.5, 0.6) is 0 Å². The Labute approximate surface area is 187 Å². The highest BCUT2D eigenvalue weighted by molar-refractivity contribution is 7.89. The highest BCUT2D eigenvalue weighted by atomic mass is 32.2. The lowest BCUT2D eigenvalue weighted by Gasteiger charge is -2.34. The molecular weight excluding hydrogens is 438 g/mol. The van der Waals surface area contributed by atoms with Gasteiger partial charge in [-0.2, -0.15) is 4.31 Å². The molecule has 3 rings (SSSR count). The second kappa shape index (κ2) is 9.97. The standard InChI is InChI=1S/C21H29N3O7S/c1-3-4-15(22-20(26)18-19(31-18)21(27)28)13-17(25)23-9-11-24(12-10-23)32(29,30)16-7-5-14(2)6-8-16/h5-8,15,18-19H,3-4,9-13H2,1-2H3,(H,22,26)(H,27,28). The Morgan fingerprint density at radius 1 is 1.12 bits per heavy atom. The summed E-state index contributed by atoms with van der Waals surface area (Å²) in [6.45, 7) is 4.74. The van der Waals surface area contributed by atoms with Gasteiger partial charge in [0.05, 0.1) is 4.90 Å². The van der Waals surface area contributed by atoms with Crippen molar-refractivity contribution >= 4 is 27.8 Å². The minimum Gasteiger partial charge on any atom is -0.479 e. The molecule has 1 aromatic carbocycles. The van der Waals surface area contributed by atoms with Crippen molar-refractivity contribution in [2.24, 2.45) is 0 Å². The molecule has 2 N–H and O–H groups in total. The van der Waals surface area contributed by atoms with Gasteiger partial charge in [0.25, 0.3) is 5.91 Å². The Bertz CT molecular complexity index is 956. The van der Waals surface area contributed by atoms with E-state index >= 15 is 0 Å².